The molecule has 0 aliphatic heterocycles. The monoisotopic (exact) mass is 413 g/mol. The molecule has 3 aromatic carbocycles. The van der Waals surface area contributed by atoms with E-state index in [1.807, 2.05) is 30.3 Å². The summed E-state index contributed by atoms with van der Waals surface area (Å²) in [5.74, 6) is 1.26. The Morgan fingerprint density at radius 1 is 0.806 bits per heavy atom. The van der Waals surface area contributed by atoms with Crippen LogP contribution in [0, 0.1) is 0 Å². The van der Waals surface area contributed by atoms with Gasteiger partial charge in [-0.15, -0.1) is 0 Å². The lowest BCUT2D eigenvalue weighted by Gasteiger charge is -2.31. The fraction of sp³-hybridized carbons (Fsp3) is 0.231. The van der Waals surface area contributed by atoms with Crippen LogP contribution in [0.4, 0.5) is 0 Å². The van der Waals surface area contributed by atoms with Crippen LogP contribution in [-0.2, 0) is 13.0 Å². The Balaban J connectivity index is 1.59. The molecule has 0 amide bonds. The molecule has 5 nitrogen and oxygen atoms in total. The summed E-state index contributed by atoms with van der Waals surface area (Å²) in [5.41, 5.74) is 3.53. The summed E-state index contributed by atoms with van der Waals surface area (Å²) in [5, 5.41) is 13.7. The SMILES string of the molecule is OCCCN(Cc1noc(Cc2ccccc2)n1)C(c1ccccc1)c1ccccc1. The molecule has 0 bridgehead atoms. The lowest BCUT2D eigenvalue weighted by Crippen LogP contribution is -2.31. The largest absolute Gasteiger partial charge is 0.396 e. The first-order valence-corrected chi connectivity index (χ1v) is 10.6. The number of nitrogens with zero attached hydrogens (tertiary/aromatic N) is 3. The maximum Gasteiger partial charge on any atom is 0.231 e. The van der Waals surface area contributed by atoms with Crippen molar-refractivity contribution in [1.29, 1.82) is 0 Å². The molecule has 0 fully saturated rings. The van der Waals surface area contributed by atoms with Crippen LogP contribution in [0.2, 0.25) is 0 Å². The highest BCUT2D eigenvalue weighted by molar-refractivity contribution is 5.32. The van der Waals surface area contributed by atoms with E-state index in [4.69, 9.17) is 4.52 Å². The van der Waals surface area contributed by atoms with Crippen LogP contribution in [0.1, 0.15) is 40.9 Å². The number of benzene rings is 3. The van der Waals surface area contributed by atoms with Crippen LogP contribution < -0.4 is 0 Å². The van der Waals surface area contributed by atoms with E-state index in [0.717, 1.165) is 5.56 Å². The van der Waals surface area contributed by atoms with Gasteiger partial charge >= 0.3 is 0 Å². The molecule has 0 saturated carbocycles. The summed E-state index contributed by atoms with van der Waals surface area (Å²) in [7, 11) is 0. The van der Waals surface area contributed by atoms with Crippen molar-refractivity contribution < 1.29 is 9.63 Å². The second kappa shape index (κ2) is 10.7. The molecule has 4 aromatic rings. The van der Waals surface area contributed by atoms with Crippen molar-refractivity contribution in [2.24, 2.45) is 0 Å². The molecule has 0 aliphatic carbocycles. The summed E-state index contributed by atoms with van der Waals surface area (Å²) >= 11 is 0. The van der Waals surface area contributed by atoms with Gasteiger partial charge in [-0.05, 0) is 23.1 Å². The number of hydrogen-bond donors (Lipinski definition) is 1. The number of hydrogen-bond acceptors (Lipinski definition) is 5. The van der Waals surface area contributed by atoms with Gasteiger partial charge < -0.3 is 9.63 Å². The van der Waals surface area contributed by atoms with Crippen LogP contribution in [0.5, 0.6) is 0 Å². The van der Waals surface area contributed by atoms with Crippen LogP contribution >= 0.6 is 0 Å². The van der Waals surface area contributed by atoms with E-state index in [9.17, 15) is 5.11 Å². The fourth-order valence-electron chi connectivity index (χ4n) is 3.84. The standard InChI is InChI=1S/C26H27N3O2/c30-18-10-17-29(20-24-27-25(31-28-24)19-21-11-4-1-5-12-21)26(22-13-6-2-7-14-22)23-15-8-3-9-16-23/h1-9,11-16,26,30H,10,17-20H2. The molecule has 0 saturated heterocycles. The predicted molar refractivity (Wildman–Crippen MR) is 120 cm³/mol. The van der Waals surface area contributed by atoms with Gasteiger partial charge in [0.15, 0.2) is 5.82 Å². The number of aromatic nitrogens is 2. The predicted octanol–water partition coefficient (Wildman–Crippen LogP) is 4.63. The minimum Gasteiger partial charge on any atom is -0.396 e. The van der Waals surface area contributed by atoms with Gasteiger partial charge in [0.05, 0.1) is 19.0 Å². The van der Waals surface area contributed by atoms with E-state index in [-0.39, 0.29) is 12.6 Å². The van der Waals surface area contributed by atoms with Crippen LogP contribution in [0.15, 0.2) is 95.5 Å². The first kappa shape index (κ1) is 21.0. The zero-order chi connectivity index (χ0) is 21.3. The Bertz CT molecular complexity index is 996. The Labute approximate surface area is 183 Å². The van der Waals surface area contributed by atoms with Crippen LogP contribution in [0.3, 0.4) is 0 Å². The van der Waals surface area contributed by atoms with Crippen molar-refractivity contribution in [3.63, 3.8) is 0 Å². The maximum absolute atomic E-state index is 9.50. The molecule has 4 rings (SSSR count). The van der Waals surface area contributed by atoms with Gasteiger partial charge in [0, 0.05) is 13.2 Å². The zero-order valence-electron chi connectivity index (χ0n) is 17.5. The van der Waals surface area contributed by atoms with E-state index in [0.29, 0.717) is 37.6 Å². The summed E-state index contributed by atoms with van der Waals surface area (Å²) in [6, 6.07) is 31.0. The molecular weight excluding hydrogens is 386 g/mol. The third-order valence-electron chi connectivity index (χ3n) is 5.25. The molecule has 0 aliphatic rings. The highest BCUT2D eigenvalue weighted by Gasteiger charge is 2.24. The van der Waals surface area contributed by atoms with Crippen molar-refractivity contribution in [3.8, 4) is 0 Å². The third kappa shape index (κ3) is 5.66. The molecule has 0 radical (unpaired) electrons. The Morgan fingerprint density at radius 3 is 1.97 bits per heavy atom. The molecule has 0 unspecified atom stereocenters. The van der Waals surface area contributed by atoms with E-state index >= 15 is 0 Å². The summed E-state index contributed by atoms with van der Waals surface area (Å²) in [6.07, 6.45) is 1.29. The molecule has 0 spiro atoms. The number of rotatable bonds is 10. The summed E-state index contributed by atoms with van der Waals surface area (Å²) < 4.78 is 5.53. The minimum absolute atomic E-state index is 0.0324. The van der Waals surface area contributed by atoms with Gasteiger partial charge in [-0.1, -0.05) is 96.2 Å². The maximum atomic E-state index is 9.50. The van der Waals surface area contributed by atoms with Crippen molar-refractivity contribution in [2.75, 3.05) is 13.2 Å². The minimum atomic E-state index is 0.0324. The third-order valence-corrected chi connectivity index (χ3v) is 5.25. The van der Waals surface area contributed by atoms with Gasteiger partial charge in [0.25, 0.3) is 0 Å². The van der Waals surface area contributed by atoms with Gasteiger partial charge in [-0.25, -0.2) is 0 Å². The second-order valence-corrected chi connectivity index (χ2v) is 7.54. The average molecular weight is 414 g/mol. The van der Waals surface area contributed by atoms with Gasteiger partial charge in [-0.2, -0.15) is 4.98 Å². The average Bonchev–Trinajstić information content (AvgIpc) is 3.26. The van der Waals surface area contributed by atoms with E-state index in [2.05, 4.69) is 75.7 Å². The first-order chi connectivity index (χ1) is 15.3. The Hall–Kier alpha value is -3.28. The highest BCUT2D eigenvalue weighted by Crippen LogP contribution is 2.30. The number of aliphatic hydroxyl groups is 1. The second-order valence-electron chi connectivity index (χ2n) is 7.54. The molecule has 0 atom stereocenters. The zero-order valence-corrected chi connectivity index (χ0v) is 17.5. The Kier molecular flexibility index (Phi) is 7.21. The van der Waals surface area contributed by atoms with Crippen molar-refractivity contribution in [1.82, 2.24) is 15.0 Å². The van der Waals surface area contributed by atoms with Crippen molar-refractivity contribution in [3.05, 3.63) is 119 Å². The molecular formula is C26H27N3O2. The normalized spacial score (nSPS) is 11.3. The molecule has 1 aromatic heterocycles. The molecule has 1 heterocycles. The Morgan fingerprint density at radius 2 is 1.39 bits per heavy atom. The van der Waals surface area contributed by atoms with Crippen molar-refractivity contribution in [2.45, 2.75) is 25.4 Å². The molecule has 1 N–H and O–H groups in total. The van der Waals surface area contributed by atoms with E-state index in [1.165, 1.54) is 11.1 Å². The highest BCUT2D eigenvalue weighted by atomic mass is 16.5. The molecule has 31 heavy (non-hydrogen) atoms. The topological polar surface area (TPSA) is 62.4 Å². The fourth-order valence-corrected chi connectivity index (χ4v) is 3.84. The lowest BCUT2D eigenvalue weighted by atomic mass is 9.96. The number of aliphatic hydroxyl groups excluding tert-OH is 1. The molecule has 5 heteroatoms. The van der Waals surface area contributed by atoms with Gasteiger partial charge in [0.2, 0.25) is 5.89 Å². The van der Waals surface area contributed by atoms with E-state index in [1.54, 1.807) is 0 Å². The smallest absolute Gasteiger partial charge is 0.231 e. The van der Waals surface area contributed by atoms with Crippen LogP contribution in [-0.4, -0.2) is 33.3 Å². The first-order valence-electron chi connectivity index (χ1n) is 10.6. The van der Waals surface area contributed by atoms with Gasteiger partial charge in [-0.3, -0.25) is 4.90 Å². The van der Waals surface area contributed by atoms with E-state index < -0.39 is 0 Å². The quantitative estimate of drug-likeness (QED) is 0.411. The van der Waals surface area contributed by atoms with Gasteiger partial charge in [0.1, 0.15) is 0 Å². The lowest BCUT2D eigenvalue weighted by molar-refractivity contribution is 0.181. The molecule has 158 valence electrons. The summed E-state index contributed by atoms with van der Waals surface area (Å²) in [4.78, 5) is 6.94. The van der Waals surface area contributed by atoms with Crippen LogP contribution in [0.25, 0.3) is 0 Å². The summed E-state index contributed by atoms with van der Waals surface area (Å²) in [6.45, 7) is 1.39. The van der Waals surface area contributed by atoms with Crippen molar-refractivity contribution >= 4 is 0 Å².